The molecule has 2 aromatic carbocycles. The third kappa shape index (κ3) is 5.43. The lowest BCUT2D eigenvalue weighted by Crippen LogP contribution is -2.55. The highest BCUT2D eigenvalue weighted by Crippen LogP contribution is 2.37. The SMILES string of the molecule is OC[C@H]1OC(O)(c2ccc(Cl)c(Cc3ccc(OCCOC4CC4)cc3)c2)[C@H](O)C[C@@H]1O. The predicted octanol–water partition coefficient (Wildman–Crippen LogP) is 2.14. The molecule has 2 fully saturated rings. The smallest absolute Gasteiger partial charge is 0.219 e. The van der Waals surface area contributed by atoms with Crippen LogP contribution in [0.3, 0.4) is 0 Å². The van der Waals surface area contributed by atoms with Gasteiger partial charge in [0.05, 0.1) is 25.4 Å². The van der Waals surface area contributed by atoms with E-state index in [9.17, 15) is 20.4 Å². The molecule has 4 N–H and O–H groups in total. The van der Waals surface area contributed by atoms with E-state index in [4.69, 9.17) is 25.8 Å². The number of aliphatic hydroxyl groups is 4. The molecule has 0 amide bonds. The zero-order valence-corrected chi connectivity index (χ0v) is 18.4. The van der Waals surface area contributed by atoms with Gasteiger partial charge in [-0.2, -0.15) is 0 Å². The monoisotopic (exact) mass is 464 g/mol. The van der Waals surface area contributed by atoms with Crippen molar-refractivity contribution in [1.29, 1.82) is 0 Å². The Labute approximate surface area is 192 Å². The first-order chi connectivity index (χ1) is 15.4. The molecule has 2 aromatic rings. The van der Waals surface area contributed by atoms with Gasteiger partial charge >= 0.3 is 0 Å². The second-order valence-electron chi connectivity index (χ2n) is 8.40. The first kappa shape index (κ1) is 23.4. The van der Waals surface area contributed by atoms with Gasteiger partial charge in [-0.25, -0.2) is 0 Å². The molecule has 1 saturated heterocycles. The normalized spacial score (nSPS) is 28.0. The van der Waals surface area contributed by atoms with Crippen LogP contribution in [0.5, 0.6) is 5.75 Å². The maximum atomic E-state index is 11.0. The summed E-state index contributed by atoms with van der Waals surface area (Å²) in [6, 6.07) is 12.5. The molecule has 174 valence electrons. The van der Waals surface area contributed by atoms with Crippen LogP contribution in [0.1, 0.15) is 36.0 Å². The molecule has 1 aliphatic carbocycles. The Morgan fingerprint density at radius 2 is 1.81 bits per heavy atom. The van der Waals surface area contributed by atoms with Crippen molar-refractivity contribution < 1.29 is 34.6 Å². The summed E-state index contributed by atoms with van der Waals surface area (Å²) >= 11 is 6.39. The number of aliphatic hydroxyl groups excluding tert-OH is 3. The van der Waals surface area contributed by atoms with Gasteiger partial charge < -0.3 is 34.6 Å². The van der Waals surface area contributed by atoms with Gasteiger partial charge in [0.1, 0.15) is 24.6 Å². The van der Waals surface area contributed by atoms with E-state index in [1.165, 1.54) is 0 Å². The standard InChI is InChI=1S/C24H29ClO7/c25-20-8-3-17(24(29)23(28)13-21(27)22(14-26)32-24)12-16(20)11-15-1-4-18(5-2-15)30-9-10-31-19-6-7-19/h1-5,8,12,19,21-23,26-29H,6-7,9-11,13-14H2/t21-,22+,23+,24?/m0/s1. The van der Waals surface area contributed by atoms with Crippen LogP contribution >= 0.6 is 11.6 Å². The van der Waals surface area contributed by atoms with E-state index in [0.717, 1.165) is 29.7 Å². The summed E-state index contributed by atoms with van der Waals surface area (Å²) in [4.78, 5) is 0. The van der Waals surface area contributed by atoms with Crippen LogP contribution in [0.25, 0.3) is 0 Å². The van der Waals surface area contributed by atoms with Crippen LogP contribution in [0.2, 0.25) is 5.02 Å². The van der Waals surface area contributed by atoms with Gasteiger partial charge in [-0.05, 0) is 54.7 Å². The molecule has 1 saturated carbocycles. The zero-order valence-electron chi connectivity index (χ0n) is 17.7. The van der Waals surface area contributed by atoms with Crippen molar-refractivity contribution in [3.8, 4) is 5.75 Å². The van der Waals surface area contributed by atoms with Crippen molar-refractivity contribution >= 4 is 11.6 Å². The largest absolute Gasteiger partial charge is 0.491 e. The fourth-order valence-corrected chi connectivity index (χ4v) is 4.00. The molecule has 2 aliphatic rings. The van der Waals surface area contributed by atoms with Crippen LogP contribution in [0.4, 0.5) is 0 Å². The fraction of sp³-hybridized carbons (Fsp3) is 0.500. The Balaban J connectivity index is 1.43. The highest BCUT2D eigenvalue weighted by atomic mass is 35.5. The molecule has 32 heavy (non-hydrogen) atoms. The molecule has 0 aromatic heterocycles. The van der Waals surface area contributed by atoms with E-state index in [1.807, 2.05) is 24.3 Å². The number of hydrogen-bond donors (Lipinski definition) is 4. The third-order valence-electron chi connectivity index (χ3n) is 5.86. The second-order valence-corrected chi connectivity index (χ2v) is 8.81. The van der Waals surface area contributed by atoms with Crippen molar-refractivity contribution in [3.05, 3.63) is 64.2 Å². The van der Waals surface area contributed by atoms with E-state index in [0.29, 0.717) is 36.3 Å². The average Bonchev–Trinajstić information content (AvgIpc) is 3.61. The Morgan fingerprint density at radius 1 is 1.06 bits per heavy atom. The minimum absolute atomic E-state index is 0.118. The van der Waals surface area contributed by atoms with Crippen molar-refractivity contribution in [1.82, 2.24) is 0 Å². The highest BCUT2D eigenvalue weighted by Gasteiger charge is 2.48. The third-order valence-corrected chi connectivity index (χ3v) is 6.23. The summed E-state index contributed by atoms with van der Waals surface area (Å²) in [5.74, 6) is -1.29. The lowest BCUT2D eigenvalue weighted by Gasteiger charge is -2.43. The van der Waals surface area contributed by atoms with Gasteiger partial charge in [-0.1, -0.05) is 29.8 Å². The van der Waals surface area contributed by atoms with Crippen molar-refractivity contribution in [3.63, 3.8) is 0 Å². The Kier molecular flexibility index (Phi) is 7.37. The molecular formula is C24H29ClO7. The number of halogens is 1. The number of benzene rings is 2. The van der Waals surface area contributed by atoms with Gasteiger partial charge in [-0.15, -0.1) is 0 Å². The van der Waals surface area contributed by atoms with Gasteiger partial charge in [0, 0.05) is 17.0 Å². The molecular weight excluding hydrogens is 436 g/mol. The molecule has 0 bridgehead atoms. The van der Waals surface area contributed by atoms with E-state index >= 15 is 0 Å². The Hall–Kier alpha value is -1.71. The topological polar surface area (TPSA) is 109 Å². The highest BCUT2D eigenvalue weighted by molar-refractivity contribution is 6.31. The van der Waals surface area contributed by atoms with Crippen LogP contribution in [0.15, 0.2) is 42.5 Å². The van der Waals surface area contributed by atoms with Gasteiger partial charge in [0.2, 0.25) is 5.79 Å². The van der Waals surface area contributed by atoms with Crippen LogP contribution < -0.4 is 4.74 Å². The average molecular weight is 465 g/mol. The van der Waals surface area contributed by atoms with Gasteiger partial charge in [-0.3, -0.25) is 0 Å². The quantitative estimate of drug-likeness (QED) is 0.421. The molecule has 1 unspecified atom stereocenters. The summed E-state index contributed by atoms with van der Waals surface area (Å²) in [5, 5.41) is 41.3. The molecule has 8 heteroatoms. The second kappa shape index (κ2) is 10.1. The van der Waals surface area contributed by atoms with E-state index in [1.54, 1.807) is 18.2 Å². The first-order valence-corrected chi connectivity index (χ1v) is 11.3. The number of rotatable bonds is 9. The van der Waals surface area contributed by atoms with Crippen molar-refractivity contribution in [2.75, 3.05) is 19.8 Å². The summed E-state index contributed by atoms with van der Waals surface area (Å²) < 4.78 is 16.8. The molecule has 0 spiro atoms. The predicted molar refractivity (Wildman–Crippen MR) is 118 cm³/mol. The van der Waals surface area contributed by atoms with Gasteiger partial charge in [0.25, 0.3) is 0 Å². The number of hydrogen-bond acceptors (Lipinski definition) is 7. The van der Waals surface area contributed by atoms with Crippen LogP contribution in [-0.4, -0.2) is 64.7 Å². The number of ether oxygens (including phenoxy) is 3. The molecule has 0 radical (unpaired) electrons. The zero-order chi connectivity index (χ0) is 22.7. The van der Waals surface area contributed by atoms with Gasteiger partial charge in [0.15, 0.2) is 0 Å². The van der Waals surface area contributed by atoms with Crippen molar-refractivity contribution in [2.45, 2.75) is 55.9 Å². The van der Waals surface area contributed by atoms with E-state index in [-0.39, 0.29) is 6.42 Å². The fourth-order valence-electron chi connectivity index (χ4n) is 3.81. The van der Waals surface area contributed by atoms with E-state index < -0.39 is 30.7 Å². The molecule has 1 heterocycles. The lowest BCUT2D eigenvalue weighted by atomic mass is 9.89. The summed E-state index contributed by atoms with van der Waals surface area (Å²) in [5.41, 5.74) is 2.04. The minimum atomic E-state index is -2.05. The van der Waals surface area contributed by atoms with Crippen LogP contribution in [-0.2, 0) is 21.7 Å². The molecule has 1 aliphatic heterocycles. The Bertz CT molecular complexity index is 902. The summed E-state index contributed by atoms with van der Waals surface area (Å²) in [6.45, 7) is 0.617. The lowest BCUT2D eigenvalue weighted by molar-refractivity contribution is -0.332. The first-order valence-electron chi connectivity index (χ1n) is 10.9. The summed E-state index contributed by atoms with van der Waals surface area (Å²) in [6.07, 6.45) is -0.333. The van der Waals surface area contributed by atoms with E-state index in [2.05, 4.69) is 0 Å². The molecule has 7 nitrogen and oxygen atoms in total. The van der Waals surface area contributed by atoms with Crippen LogP contribution in [0, 0.1) is 0 Å². The van der Waals surface area contributed by atoms with Crippen molar-refractivity contribution in [2.24, 2.45) is 0 Å². The summed E-state index contributed by atoms with van der Waals surface area (Å²) in [7, 11) is 0. The maximum Gasteiger partial charge on any atom is 0.219 e. The maximum absolute atomic E-state index is 11.0. The molecule has 4 rings (SSSR count). The molecule has 4 atom stereocenters. The minimum Gasteiger partial charge on any atom is -0.491 e. The Morgan fingerprint density at radius 3 is 2.50 bits per heavy atom.